The highest BCUT2D eigenvalue weighted by molar-refractivity contribution is 6.31. The van der Waals surface area contributed by atoms with Crippen molar-refractivity contribution in [1.82, 2.24) is 10.6 Å². The Labute approximate surface area is 101 Å². The van der Waals surface area contributed by atoms with Crippen molar-refractivity contribution in [3.05, 3.63) is 34.9 Å². The zero-order valence-corrected chi connectivity index (χ0v) is 10.3. The summed E-state index contributed by atoms with van der Waals surface area (Å²) in [5, 5.41) is 6.54. The number of carbonyl (C=O) groups excluding carboxylic acids is 1. The maximum atomic E-state index is 11.4. The number of hydrogen-bond acceptors (Lipinski definition) is 2. The van der Waals surface area contributed by atoms with E-state index in [4.69, 9.17) is 11.6 Å². The van der Waals surface area contributed by atoms with E-state index in [-0.39, 0.29) is 5.91 Å². The van der Waals surface area contributed by atoms with Crippen LogP contribution in [0, 0.1) is 0 Å². The molecule has 0 unspecified atom stereocenters. The van der Waals surface area contributed by atoms with Crippen LogP contribution in [0.25, 0.3) is 0 Å². The first-order chi connectivity index (χ1) is 7.59. The minimum Gasteiger partial charge on any atom is -0.351 e. The van der Waals surface area contributed by atoms with E-state index in [0.717, 1.165) is 5.56 Å². The van der Waals surface area contributed by atoms with Gasteiger partial charge in [-0.05, 0) is 11.6 Å². The molecule has 88 valence electrons. The summed E-state index contributed by atoms with van der Waals surface area (Å²) in [5.74, 6) is -0.0198. The quantitative estimate of drug-likeness (QED) is 0.826. The first kappa shape index (κ1) is 13.0. The molecule has 0 aliphatic carbocycles. The molecule has 4 heteroatoms. The van der Waals surface area contributed by atoms with Crippen LogP contribution in [-0.2, 0) is 11.3 Å². The predicted molar refractivity (Wildman–Crippen MR) is 66.4 cm³/mol. The summed E-state index contributed by atoms with van der Waals surface area (Å²) < 4.78 is 0. The van der Waals surface area contributed by atoms with Crippen LogP contribution >= 0.6 is 11.6 Å². The fraction of sp³-hybridized carbons (Fsp3) is 0.417. The van der Waals surface area contributed by atoms with Gasteiger partial charge in [0.15, 0.2) is 0 Å². The normalized spacial score (nSPS) is 10.5. The molecule has 0 fully saturated rings. The lowest BCUT2D eigenvalue weighted by molar-refractivity contribution is -0.120. The Morgan fingerprint density at radius 1 is 1.38 bits per heavy atom. The van der Waals surface area contributed by atoms with Crippen molar-refractivity contribution in [2.75, 3.05) is 6.54 Å². The summed E-state index contributed by atoms with van der Waals surface area (Å²) >= 11 is 5.97. The van der Waals surface area contributed by atoms with E-state index in [0.29, 0.717) is 24.2 Å². The predicted octanol–water partition coefficient (Wildman–Crippen LogP) is 1.95. The number of carbonyl (C=O) groups is 1. The van der Waals surface area contributed by atoms with Gasteiger partial charge in [-0.3, -0.25) is 4.79 Å². The van der Waals surface area contributed by atoms with Crippen LogP contribution in [0.3, 0.4) is 0 Å². The van der Waals surface area contributed by atoms with Gasteiger partial charge in [-0.15, -0.1) is 0 Å². The zero-order chi connectivity index (χ0) is 12.0. The number of rotatable bonds is 5. The van der Waals surface area contributed by atoms with E-state index in [9.17, 15) is 4.79 Å². The second-order valence-electron chi connectivity index (χ2n) is 3.90. The Bertz CT molecular complexity index is 353. The number of benzene rings is 1. The molecule has 1 rings (SSSR count). The molecule has 16 heavy (non-hydrogen) atoms. The van der Waals surface area contributed by atoms with Crippen LogP contribution in [0.1, 0.15) is 19.4 Å². The zero-order valence-electron chi connectivity index (χ0n) is 9.59. The number of hydrogen-bond donors (Lipinski definition) is 2. The van der Waals surface area contributed by atoms with Crippen LogP contribution < -0.4 is 10.6 Å². The molecule has 0 saturated carbocycles. The van der Waals surface area contributed by atoms with Gasteiger partial charge in [-0.1, -0.05) is 43.6 Å². The van der Waals surface area contributed by atoms with Gasteiger partial charge in [0.25, 0.3) is 0 Å². The lowest BCUT2D eigenvalue weighted by atomic mass is 10.2. The van der Waals surface area contributed by atoms with E-state index in [2.05, 4.69) is 10.6 Å². The third-order valence-electron chi connectivity index (χ3n) is 2.10. The highest BCUT2D eigenvalue weighted by Gasteiger charge is 2.03. The van der Waals surface area contributed by atoms with Crippen molar-refractivity contribution in [3.63, 3.8) is 0 Å². The van der Waals surface area contributed by atoms with Crippen molar-refractivity contribution < 1.29 is 4.79 Å². The molecule has 0 saturated heterocycles. The number of nitrogens with one attached hydrogen (secondary N) is 2. The number of halogens is 1. The first-order valence-electron chi connectivity index (χ1n) is 5.33. The topological polar surface area (TPSA) is 41.1 Å². The van der Waals surface area contributed by atoms with Crippen molar-refractivity contribution in [1.29, 1.82) is 0 Å². The summed E-state index contributed by atoms with van der Waals surface area (Å²) in [6.07, 6.45) is 0. The first-order valence-corrected chi connectivity index (χ1v) is 5.71. The summed E-state index contributed by atoms with van der Waals surface area (Å²) in [6.45, 7) is 4.81. The molecule has 0 heterocycles. The van der Waals surface area contributed by atoms with Crippen LogP contribution in [0.2, 0.25) is 5.02 Å². The highest BCUT2D eigenvalue weighted by atomic mass is 35.5. The van der Waals surface area contributed by atoms with Gasteiger partial charge in [0.05, 0.1) is 6.54 Å². The van der Waals surface area contributed by atoms with Crippen LogP contribution in [0.4, 0.5) is 0 Å². The van der Waals surface area contributed by atoms with Gasteiger partial charge in [0.2, 0.25) is 5.91 Å². The Morgan fingerprint density at radius 3 is 2.69 bits per heavy atom. The fourth-order valence-electron chi connectivity index (χ4n) is 1.19. The van der Waals surface area contributed by atoms with Gasteiger partial charge >= 0.3 is 0 Å². The minimum atomic E-state index is -0.0198. The fourth-order valence-corrected chi connectivity index (χ4v) is 1.40. The van der Waals surface area contributed by atoms with Crippen LogP contribution in [0.15, 0.2) is 24.3 Å². The van der Waals surface area contributed by atoms with Gasteiger partial charge in [0.1, 0.15) is 0 Å². The summed E-state index contributed by atoms with van der Waals surface area (Å²) in [4.78, 5) is 11.4. The van der Waals surface area contributed by atoms with Crippen molar-refractivity contribution in [2.45, 2.75) is 26.4 Å². The molecule has 0 aliphatic heterocycles. The lowest BCUT2D eigenvalue weighted by Crippen LogP contribution is -2.36. The Balaban J connectivity index is 2.35. The smallest absolute Gasteiger partial charge is 0.234 e. The van der Waals surface area contributed by atoms with Crippen LogP contribution in [0.5, 0.6) is 0 Å². The van der Waals surface area contributed by atoms with Crippen LogP contribution in [-0.4, -0.2) is 18.5 Å². The van der Waals surface area contributed by atoms with E-state index >= 15 is 0 Å². The van der Waals surface area contributed by atoms with Crippen molar-refractivity contribution in [3.8, 4) is 0 Å². The molecule has 3 nitrogen and oxygen atoms in total. The molecule has 1 aromatic carbocycles. The maximum Gasteiger partial charge on any atom is 0.234 e. The standard InChI is InChI=1S/C12H17ClN2O/c1-9(2)14-8-12(16)15-7-10-5-3-4-6-11(10)13/h3-6,9,14H,7-8H2,1-2H3,(H,15,16). The van der Waals surface area contributed by atoms with Gasteiger partial charge in [-0.25, -0.2) is 0 Å². The van der Waals surface area contributed by atoms with Gasteiger partial charge in [0, 0.05) is 17.6 Å². The molecule has 0 radical (unpaired) electrons. The highest BCUT2D eigenvalue weighted by Crippen LogP contribution is 2.13. The second-order valence-corrected chi connectivity index (χ2v) is 4.31. The number of amides is 1. The lowest BCUT2D eigenvalue weighted by Gasteiger charge is -2.09. The van der Waals surface area contributed by atoms with Crippen molar-refractivity contribution in [2.24, 2.45) is 0 Å². The molecular weight excluding hydrogens is 224 g/mol. The van der Waals surface area contributed by atoms with Gasteiger partial charge in [-0.2, -0.15) is 0 Å². The molecule has 0 bridgehead atoms. The molecule has 0 aromatic heterocycles. The third-order valence-corrected chi connectivity index (χ3v) is 2.47. The largest absolute Gasteiger partial charge is 0.351 e. The Hall–Kier alpha value is -1.06. The van der Waals surface area contributed by atoms with E-state index in [1.165, 1.54) is 0 Å². The Kier molecular flexibility index (Phi) is 5.29. The molecule has 1 aromatic rings. The SMILES string of the molecule is CC(C)NCC(=O)NCc1ccccc1Cl. The molecule has 0 atom stereocenters. The summed E-state index contributed by atoms with van der Waals surface area (Å²) in [6, 6.07) is 7.80. The van der Waals surface area contributed by atoms with Crippen molar-refractivity contribution >= 4 is 17.5 Å². The molecule has 2 N–H and O–H groups in total. The summed E-state index contributed by atoms with van der Waals surface area (Å²) in [7, 11) is 0. The Morgan fingerprint density at radius 2 is 2.06 bits per heavy atom. The molecule has 1 amide bonds. The molecular formula is C12H17ClN2O. The van der Waals surface area contributed by atoms with E-state index in [1.54, 1.807) is 0 Å². The molecule has 0 aliphatic rings. The minimum absolute atomic E-state index is 0.0198. The average molecular weight is 241 g/mol. The molecule has 0 spiro atoms. The van der Waals surface area contributed by atoms with E-state index in [1.807, 2.05) is 38.1 Å². The summed E-state index contributed by atoms with van der Waals surface area (Å²) in [5.41, 5.74) is 0.932. The second kappa shape index (κ2) is 6.51. The monoisotopic (exact) mass is 240 g/mol. The van der Waals surface area contributed by atoms with E-state index < -0.39 is 0 Å². The third kappa shape index (κ3) is 4.64. The maximum absolute atomic E-state index is 11.4. The van der Waals surface area contributed by atoms with Gasteiger partial charge < -0.3 is 10.6 Å². The average Bonchev–Trinajstić information content (AvgIpc) is 2.25.